The molecule has 1 atom stereocenters. The van der Waals surface area contributed by atoms with Crippen LogP contribution in [0, 0.1) is 0 Å². The Labute approximate surface area is 129 Å². The first-order valence-corrected chi connectivity index (χ1v) is 8.37. The van der Waals surface area contributed by atoms with E-state index in [0.29, 0.717) is 5.56 Å². The summed E-state index contributed by atoms with van der Waals surface area (Å²) in [5, 5.41) is 0. The van der Waals surface area contributed by atoms with Crippen molar-refractivity contribution in [3.8, 4) is 0 Å². The number of nitrogens with two attached hydrogens (primary N) is 1. The number of primary amides is 1. The van der Waals surface area contributed by atoms with Crippen LogP contribution in [0.4, 0.5) is 0 Å². The van der Waals surface area contributed by atoms with Gasteiger partial charge in [-0.1, -0.05) is 48.5 Å². The fraction of sp³-hybridized carbons (Fsp3) is 0.188. The van der Waals surface area contributed by atoms with Crippen LogP contribution in [0.3, 0.4) is 0 Å². The Morgan fingerprint density at radius 1 is 1.05 bits per heavy atom. The van der Waals surface area contributed by atoms with Gasteiger partial charge in [-0.25, -0.2) is 8.42 Å². The smallest absolute Gasteiger partial charge is 0.244 e. The highest BCUT2D eigenvalue weighted by atomic mass is 32.2. The second-order valence-electron chi connectivity index (χ2n) is 5.26. The summed E-state index contributed by atoms with van der Waals surface area (Å²) in [5.74, 6) is -0.519. The molecule has 0 spiro atoms. The molecule has 6 heteroatoms. The van der Waals surface area contributed by atoms with Crippen molar-refractivity contribution in [2.75, 3.05) is 0 Å². The lowest BCUT2D eigenvalue weighted by atomic mass is 10.0. The highest BCUT2D eigenvalue weighted by Crippen LogP contribution is 2.41. The van der Waals surface area contributed by atoms with Crippen molar-refractivity contribution in [3.05, 3.63) is 65.7 Å². The number of nitrogens with zero attached hydrogens (tertiary/aromatic N) is 1. The number of rotatable bonds is 4. The van der Waals surface area contributed by atoms with Gasteiger partial charge in [0.15, 0.2) is 0 Å². The van der Waals surface area contributed by atoms with E-state index in [0.717, 1.165) is 5.56 Å². The Bertz CT molecular complexity index is 803. The molecule has 0 aromatic heterocycles. The summed E-state index contributed by atoms with van der Waals surface area (Å²) in [6.45, 7) is 0.218. The summed E-state index contributed by atoms with van der Waals surface area (Å²) in [6, 6.07) is 15.5. The Morgan fingerprint density at radius 3 is 2.36 bits per heavy atom. The summed E-state index contributed by atoms with van der Waals surface area (Å²) in [5.41, 5.74) is 6.82. The van der Waals surface area contributed by atoms with Crippen molar-refractivity contribution in [1.29, 1.82) is 0 Å². The van der Waals surface area contributed by atoms with Crippen molar-refractivity contribution in [2.45, 2.75) is 23.9 Å². The molecule has 2 aromatic rings. The van der Waals surface area contributed by atoms with E-state index in [1.165, 1.54) is 4.31 Å². The van der Waals surface area contributed by atoms with Crippen molar-refractivity contribution in [2.24, 2.45) is 5.73 Å². The molecule has 1 aliphatic heterocycles. The van der Waals surface area contributed by atoms with Crippen LogP contribution in [0.5, 0.6) is 0 Å². The molecule has 0 saturated carbocycles. The van der Waals surface area contributed by atoms with E-state index >= 15 is 0 Å². The van der Waals surface area contributed by atoms with Gasteiger partial charge in [0.25, 0.3) is 0 Å². The first kappa shape index (κ1) is 14.7. The van der Waals surface area contributed by atoms with Crippen LogP contribution in [0.2, 0.25) is 0 Å². The summed E-state index contributed by atoms with van der Waals surface area (Å²) >= 11 is 0. The van der Waals surface area contributed by atoms with Crippen molar-refractivity contribution >= 4 is 15.9 Å². The summed E-state index contributed by atoms with van der Waals surface area (Å²) < 4.78 is 26.9. The minimum atomic E-state index is -3.61. The van der Waals surface area contributed by atoms with Crippen molar-refractivity contribution in [1.82, 2.24) is 4.31 Å². The number of amides is 1. The molecular formula is C16H16N2O3S. The first-order chi connectivity index (χ1) is 10.5. The van der Waals surface area contributed by atoms with Gasteiger partial charge in [-0.15, -0.1) is 0 Å². The molecule has 0 fully saturated rings. The number of carbonyl (C=O) groups excluding carboxylic acids is 1. The predicted octanol–water partition coefficient (Wildman–Crippen LogP) is 1.81. The average molecular weight is 316 g/mol. The molecule has 1 unspecified atom stereocenters. The monoisotopic (exact) mass is 316 g/mol. The highest BCUT2D eigenvalue weighted by molar-refractivity contribution is 7.89. The molecule has 1 aliphatic rings. The van der Waals surface area contributed by atoms with Gasteiger partial charge in [-0.2, -0.15) is 4.31 Å². The van der Waals surface area contributed by atoms with Gasteiger partial charge in [0.05, 0.1) is 10.9 Å². The van der Waals surface area contributed by atoms with Crippen LogP contribution in [0.25, 0.3) is 0 Å². The lowest BCUT2D eigenvalue weighted by molar-refractivity contribution is -0.118. The molecular weight excluding hydrogens is 300 g/mol. The van der Waals surface area contributed by atoms with E-state index in [1.54, 1.807) is 24.3 Å². The largest absolute Gasteiger partial charge is 0.370 e. The first-order valence-electron chi connectivity index (χ1n) is 6.93. The normalized spacial score (nSPS) is 19.7. The molecule has 0 aliphatic carbocycles. The Balaban J connectivity index is 2.05. The molecule has 0 radical (unpaired) electrons. The van der Waals surface area contributed by atoms with E-state index in [-0.39, 0.29) is 17.9 Å². The number of fused-ring (bicyclic) bond motifs is 1. The molecule has 2 N–H and O–H groups in total. The van der Waals surface area contributed by atoms with Gasteiger partial charge in [0.1, 0.15) is 0 Å². The molecule has 5 nitrogen and oxygen atoms in total. The molecule has 1 heterocycles. The summed E-state index contributed by atoms with van der Waals surface area (Å²) in [4.78, 5) is 11.6. The topological polar surface area (TPSA) is 80.5 Å². The summed E-state index contributed by atoms with van der Waals surface area (Å²) in [7, 11) is -3.61. The maximum absolute atomic E-state index is 12.8. The van der Waals surface area contributed by atoms with Crippen molar-refractivity contribution in [3.63, 3.8) is 0 Å². The van der Waals surface area contributed by atoms with Crippen LogP contribution < -0.4 is 5.73 Å². The third-order valence-electron chi connectivity index (χ3n) is 3.79. The fourth-order valence-corrected chi connectivity index (χ4v) is 4.65. The zero-order valence-electron chi connectivity index (χ0n) is 11.8. The average Bonchev–Trinajstić information content (AvgIpc) is 2.70. The molecule has 22 heavy (non-hydrogen) atoms. The number of hydrogen-bond acceptors (Lipinski definition) is 3. The van der Waals surface area contributed by atoms with E-state index < -0.39 is 22.0 Å². The maximum Gasteiger partial charge on any atom is 0.244 e. The third-order valence-corrected chi connectivity index (χ3v) is 5.72. The van der Waals surface area contributed by atoms with Crippen molar-refractivity contribution < 1.29 is 13.2 Å². The highest BCUT2D eigenvalue weighted by Gasteiger charge is 2.42. The zero-order valence-corrected chi connectivity index (χ0v) is 12.7. The molecule has 114 valence electrons. The molecule has 3 rings (SSSR count). The number of benzene rings is 2. The van der Waals surface area contributed by atoms with Crippen LogP contribution in [-0.2, 0) is 21.4 Å². The number of carbonyl (C=O) groups is 1. The minimum absolute atomic E-state index is 0.0247. The molecule has 1 amide bonds. The summed E-state index contributed by atoms with van der Waals surface area (Å²) in [6.07, 6.45) is -0.0247. The van der Waals surface area contributed by atoms with Crippen LogP contribution in [0.1, 0.15) is 23.6 Å². The van der Waals surface area contributed by atoms with E-state index in [9.17, 15) is 13.2 Å². The predicted molar refractivity (Wildman–Crippen MR) is 82.2 cm³/mol. The van der Waals surface area contributed by atoms with Gasteiger partial charge < -0.3 is 5.73 Å². The van der Waals surface area contributed by atoms with Crippen LogP contribution in [-0.4, -0.2) is 18.6 Å². The van der Waals surface area contributed by atoms with E-state index in [2.05, 4.69) is 0 Å². The maximum atomic E-state index is 12.8. The SMILES string of the molecule is NC(=O)CC1c2ccccc2S(=O)(=O)N1Cc1ccccc1. The van der Waals surface area contributed by atoms with Gasteiger partial charge in [0.2, 0.25) is 15.9 Å². The Hall–Kier alpha value is -2.18. The van der Waals surface area contributed by atoms with Gasteiger partial charge in [0, 0.05) is 13.0 Å². The molecule has 0 bridgehead atoms. The van der Waals surface area contributed by atoms with E-state index in [1.807, 2.05) is 30.3 Å². The quantitative estimate of drug-likeness (QED) is 0.934. The van der Waals surface area contributed by atoms with Gasteiger partial charge in [-0.05, 0) is 17.2 Å². The molecule has 0 saturated heterocycles. The number of sulfonamides is 1. The van der Waals surface area contributed by atoms with Crippen LogP contribution in [0.15, 0.2) is 59.5 Å². The lowest BCUT2D eigenvalue weighted by Gasteiger charge is -2.22. The Morgan fingerprint density at radius 2 is 1.68 bits per heavy atom. The van der Waals surface area contributed by atoms with Crippen LogP contribution >= 0.6 is 0 Å². The second kappa shape index (κ2) is 5.55. The van der Waals surface area contributed by atoms with Gasteiger partial charge >= 0.3 is 0 Å². The second-order valence-corrected chi connectivity index (χ2v) is 7.12. The van der Waals surface area contributed by atoms with E-state index in [4.69, 9.17) is 5.73 Å². The number of hydrogen-bond donors (Lipinski definition) is 1. The lowest BCUT2D eigenvalue weighted by Crippen LogP contribution is -2.30. The Kier molecular flexibility index (Phi) is 3.72. The third kappa shape index (κ3) is 2.51. The standard InChI is InChI=1S/C16H16N2O3S/c17-16(19)10-14-13-8-4-5-9-15(13)22(20,21)18(14)11-12-6-2-1-3-7-12/h1-9,14H,10-11H2,(H2,17,19). The fourth-order valence-electron chi connectivity index (χ4n) is 2.80. The zero-order chi connectivity index (χ0) is 15.7. The molecule has 2 aromatic carbocycles. The minimum Gasteiger partial charge on any atom is -0.370 e. The van der Waals surface area contributed by atoms with Gasteiger partial charge in [-0.3, -0.25) is 4.79 Å².